The van der Waals surface area contributed by atoms with E-state index in [4.69, 9.17) is 4.74 Å². The predicted molar refractivity (Wildman–Crippen MR) is 114 cm³/mol. The summed E-state index contributed by atoms with van der Waals surface area (Å²) >= 11 is 0. The summed E-state index contributed by atoms with van der Waals surface area (Å²) in [5.74, 6) is -0.593. The van der Waals surface area contributed by atoms with E-state index in [0.717, 1.165) is 16.7 Å². The molecule has 0 saturated carbocycles. The van der Waals surface area contributed by atoms with Crippen molar-refractivity contribution in [1.29, 1.82) is 0 Å². The van der Waals surface area contributed by atoms with Crippen LogP contribution >= 0.6 is 0 Å². The summed E-state index contributed by atoms with van der Waals surface area (Å²) in [6, 6.07) is 26.1. The number of rotatable bonds is 8. The van der Waals surface area contributed by atoms with Gasteiger partial charge in [0, 0.05) is 0 Å². The molecule has 0 aliphatic heterocycles. The second-order valence-corrected chi connectivity index (χ2v) is 6.42. The molecule has 0 fully saturated rings. The van der Waals surface area contributed by atoms with Crippen molar-refractivity contribution in [3.63, 3.8) is 0 Å². The van der Waals surface area contributed by atoms with Crippen molar-refractivity contribution < 1.29 is 19.1 Å². The monoisotopic (exact) mass is 402 g/mol. The number of methoxy groups -OCH3 is 1. The van der Waals surface area contributed by atoms with Gasteiger partial charge in [0.05, 0.1) is 19.2 Å². The van der Waals surface area contributed by atoms with Gasteiger partial charge in [0.2, 0.25) is 0 Å². The fourth-order valence-electron chi connectivity index (χ4n) is 2.87. The first kappa shape index (κ1) is 20.8. The van der Waals surface area contributed by atoms with Crippen LogP contribution in [0.25, 0.3) is 0 Å². The molecule has 0 heterocycles. The topological polar surface area (TPSA) is 77.0 Å². The van der Waals surface area contributed by atoms with Crippen molar-refractivity contribution in [3.05, 3.63) is 102 Å². The molecule has 152 valence electrons. The van der Waals surface area contributed by atoms with Crippen molar-refractivity contribution >= 4 is 18.1 Å². The smallest absolute Gasteiger partial charge is 0.343 e. The van der Waals surface area contributed by atoms with Crippen LogP contribution in [0.15, 0.2) is 90.0 Å². The summed E-state index contributed by atoms with van der Waals surface area (Å²) in [6.45, 7) is -0.152. The molecule has 0 aromatic heterocycles. The molecule has 0 radical (unpaired) electrons. The molecule has 1 amide bonds. The summed E-state index contributed by atoms with van der Waals surface area (Å²) in [5.41, 5.74) is 5.19. The minimum absolute atomic E-state index is 0.152. The van der Waals surface area contributed by atoms with Crippen molar-refractivity contribution in [2.24, 2.45) is 5.10 Å². The Balaban J connectivity index is 1.65. The molecule has 0 bridgehead atoms. The number of carbonyl (C=O) groups is 2. The molecule has 0 unspecified atom stereocenters. The largest absolute Gasteiger partial charge is 0.482 e. The summed E-state index contributed by atoms with van der Waals surface area (Å²) in [6.07, 6.45) is 1.55. The van der Waals surface area contributed by atoms with Gasteiger partial charge in [0.1, 0.15) is 5.75 Å². The molecule has 0 aliphatic carbocycles. The highest BCUT2D eigenvalue weighted by molar-refractivity contribution is 5.88. The maximum atomic E-state index is 12.9. The van der Waals surface area contributed by atoms with Gasteiger partial charge in [0.25, 0.3) is 5.91 Å². The van der Waals surface area contributed by atoms with E-state index in [0.29, 0.717) is 5.75 Å². The number of esters is 1. The molecular formula is C24H22N2O4. The Hall–Kier alpha value is -3.93. The number of hydrogen-bond donors (Lipinski definition) is 1. The lowest BCUT2D eigenvalue weighted by molar-refractivity contribution is -0.142. The summed E-state index contributed by atoms with van der Waals surface area (Å²) in [7, 11) is 1.31. The Morgan fingerprint density at radius 3 is 2.00 bits per heavy atom. The zero-order valence-corrected chi connectivity index (χ0v) is 16.5. The van der Waals surface area contributed by atoms with E-state index < -0.39 is 11.9 Å². The van der Waals surface area contributed by atoms with Crippen LogP contribution < -0.4 is 10.2 Å². The Bertz CT molecular complexity index is 947. The number of nitrogens with one attached hydrogen (secondary N) is 1. The standard InChI is InChI=1S/C24H22N2O4/c1-29-22(27)17-30-21-14-12-18(13-15-21)16-25-26-24(28)23(19-8-4-2-5-9-19)20-10-6-3-7-11-20/h2-16,23H,17H2,1H3,(H,26,28)/b25-16+. The molecule has 6 nitrogen and oxygen atoms in total. The molecule has 1 N–H and O–H groups in total. The van der Waals surface area contributed by atoms with Crippen LogP contribution in [0.1, 0.15) is 22.6 Å². The van der Waals surface area contributed by atoms with Crippen LogP contribution in [0.3, 0.4) is 0 Å². The Morgan fingerprint density at radius 1 is 0.900 bits per heavy atom. The second kappa shape index (κ2) is 10.6. The van der Waals surface area contributed by atoms with Crippen LogP contribution in [0.5, 0.6) is 5.75 Å². The van der Waals surface area contributed by atoms with Crippen molar-refractivity contribution in [2.75, 3.05) is 13.7 Å². The second-order valence-electron chi connectivity index (χ2n) is 6.42. The van der Waals surface area contributed by atoms with E-state index >= 15 is 0 Å². The molecule has 0 atom stereocenters. The van der Waals surface area contributed by atoms with E-state index in [9.17, 15) is 9.59 Å². The lowest BCUT2D eigenvalue weighted by Gasteiger charge is -2.16. The average molecular weight is 402 g/mol. The molecule has 6 heteroatoms. The third-order valence-electron chi connectivity index (χ3n) is 4.38. The van der Waals surface area contributed by atoms with Gasteiger partial charge in [-0.15, -0.1) is 0 Å². The highest BCUT2D eigenvalue weighted by atomic mass is 16.6. The van der Waals surface area contributed by atoms with Gasteiger partial charge in [-0.1, -0.05) is 60.7 Å². The number of benzene rings is 3. The third kappa shape index (κ3) is 5.78. The average Bonchev–Trinajstić information content (AvgIpc) is 2.80. The van der Waals surface area contributed by atoms with Gasteiger partial charge >= 0.3 is 5.97 Å². The fourth-order valence-corrected chi connectivity index (χ4v) is 2.87. The van der Waals surface area contributed by atoms with E-state index in [2.05, 4.69) is 15.3 Å². The van der Waals surface area contributed by atoms with E-state index in [-0.39, 0.29) is 12.5 Å². The van der Waals surface area contributed by atoms with Crippen molar-refractivity contribution in [2.45, 2.75) is 5.92 Å². The number of hydrogen-bond acceptors (Lipinski definition) is 5. The van der Waals surface area contributed by atoms with Crippen LogP contribution in [0.2, 0.25) is 0 Å². The third-order valence-corrected chi connectivity index (χ3v) is 4.38. The number of hydrazone groups is 1. The Labute approximate surface area is 175 Å². The first-order valence-corrected chi connectivity index (χ1v) is 9.40. The highest BCUT2D eigenvalue weighted by Crippen LogP contribution is 2.24. The minimum atomic E-state index is -0.460. The van der Waals surface area contributed by atoms with Gasteiger partial charge in [-0.25, -0.2) is 10.2 Å². The lowest BCUT2D eigenvalue weighted by Crippen LogP contribution is -2.26. The molecular weight excluding hydrogens is 380 g/mol. The predicted octanol–water partition coefficient (Wildman–Crippen LogP) is 3.52. The molecule has 3 rings (SSSR count). The molecule has 3 aromatic rings. The lowest BCUT2D eigenvalue weighted by atomic mass is 9.91. The summed E-state index contributed by atoms with van der Waals surface area (Å²) in [4.78, 5) is 24.0. The first-order valence-electron chi connectivity index (χ1n) is 9.40. The Kier molecular flexibility index (Phi) is 7.33. The van der Waals surface area contributed by atoms with E-state index in [1.54, 1.807) is 30.5 Å². The number of nitrogens with zero attached hydrogens (tertiary/aromatic N) is 1. The van der Waals surface area contributed by atoms with Gasteiger partial charge in [-0.05, 0) is 41.0 Å². The minimum Gasteiger partial charge on any atom is -0.482 e. The fraction of sp³-hybridized carbons (Fsp3) is 0.125. The van der Waals surface area contributed by atoms with Crippen molar-refractivity contribution in [1.82, 2.24) is 5.43 Å². The van der Waals surface area contributed by atoms with Gasteiger partial charge in [0.15, 0.2) is 6.61 Å². The molecule has 3 aromatic carbocycles. The van der Waals surface area contributed by atoms with Crippen LogP contribution in [-0.2, 0) is 14.3 Å². The maximum absolute atomic E-state index is 12.9. The number of carbonyl (C=O) groups excluding carboxylic acids is 2. The summed E-state index contributed by atoms with van der Waals surface area (Å²) < 4.78 is 9.83. The number of ether oxygens (including phenoxy) is 2. The number of amides is 1. The van der Waals surface area contributed by atoms with Crippen LogP contribution in [0.4, 0.5) is 0 Å². The molecule has 0 spiro atoms. The van der Waals surface area contributed by atoms with Crippen LogP contribution in [-0.4, -0.2) is 31.8 Å². The van der Waals surface area contributed by atoms with Gasteiger partial charge < -0.3 is 9.47 Å². The van der Waals surface area contributed by atoms with E-state index in [1.807, 2.05) is 60.7 Å². The summed E-state index contributed by atoms with van der Waals surface area (Å²) in [5, 5.41) is 4.09. The highest BCUT2D eigenvalue weighted by Gasteiger charge is 2.22. The maximum Gasteiger partial charge on any atom is 0.343 e. The Morgan fingerprint density at radius 2 is 1.47 bits per heavy atom. The van der Waals surface area contributed by atoms with Crippen LogP contribution in [0, 0.1) is 0 Å². The zero-order valence-electron chi connectivity index (χ0n) is 16.5. The van der Waals surface area contributed by atoms with Gasteiger partial charge in [-0.2, -0.15) is 5.10 Å². The first-order chi connectivity index (χ1) is 14.7. The SMILES string of the molecule is COC(=O)COc1ccc(/C=N/NC(=O)C(c2ccccc2)c2ccccc2)cc1. The zero-order chi connectivity index (χ0) is 21.2. The van der Waals surface area contributed by atoms with Gasteiger partial charge in [-0.3, -0.25) is 4.79 Å². The van der Waals surface area contributed by atoms with E-state index in [1.165, 1.54) is 7.11 Å². The normalized spacial score (nSPS) is 10.7. The molecule has 30 heavy (non-hydrogen) atoms. The van der Waals surface area contributed by atoms with Crippen molar-refractivity contribution in [3.8, 4) is 5.75 Å². The molecule has 0 saturated heterocycles. The molecule has 0 aliphatic rings. The quantitative estimate of drug-likeness (QED) is 0.355.